The summed E-state index contributed by atoms with van der Waals surface area (Å²) in [7, 11) is -9.78. The Hall–Kier alpha value is -6.93. The zero-order valence-corrected chi connectivity index (χ0v) is 41.9. The number of primary amides is 1. The number of amides is 7. The maximum Gasteiger partial charge on any atom is 0.446 e. The van der Waals surface area contributed by atoms with Crippen molar-refractivity contribution in [1.82, 2.24) is 36.5 Å². The lowest BCUT2D eigenvalue weighted by molar-refractivity contribution is -0.142. The number of fused-ring (bicyclic) bond motifs is 1. The number of carbonyl (C=O) groups is 7. The average molecular weight is 1060 g/mol. The Labute approximate surface area is 423 Å². The van der Waals surface area contributed by atoms with Gasteiger partial charge in [0.05, 0.1) is 12.6 Å². The molecule has 0 radical (unpaired) electrons. The van der Waals surface area contributed by atoms with Crippen LogP contribution in [0.2, 0.25) is 0 Å². The van der Waals surface area contributed by atoms with E-state index in [2.05, 4.69) is 35.8 Å². The summed E-state index contributed by atoms with van der Waals surface area (Å²) in [5.41, 5.74) is 8.29. The number of nitrogens with one attached hydrogen (secondary N) is 6. The fourth-order valence-electron chi connectivity index (χ4n) is 8.31. The molecular formula is C48H62N8O15S2. The number of likely N-dealkylation sites (tertiary alicyclic amines) is 1. The minimum atomic E-state index is -5.07. The molecule has 23 nitrogen and oxygen atoms in total. The smallest absolute Gasteiger partial charge is 0.368 e. The zero-order chi connectivity index (χ0) is 53.3. The van der Waals surface area contributed by atoms with E-state index in [1.165, 1.54) is 24.3 Å². The van der Waals surface area contributed by atoms with Gasteiger partial charge in [0.25, 0.3) is 0 Å². The molecule has 25 heteroatoms. The summed E-state index contributed by atoms with van der Waals surface area (Å²) in [4.78, 5) is 99.9. The molecule has 0 saturated carbocycles. The summed E-state index contributed by atoms with van der Waals surface area (Å²) in [5, 5.41) is 13.9. The quantitative estimate of drug-likeness (QED) is 0.0364. The van der Waals surface area contributed by atoms with E-state index in [0.717, 1.165) is 15.8 Å². The Bertz CT molecular complexity index is 2790. The van der Waals surface area contributed by atoms with Gasteiger partial charge in [-0.05, 0) is 54.2 Å². The number of nitrogens with two attached hydrogens (primary N) is 1. The number of aromatic amines is 1. The van der Waals surface area contributed by atoms with Crippen molar-refractivity contribution in [2.45, 2.75) is 121 Å². The van der Waals surface area contributed by atoms with Crippen LogP contribution in [0.25, 0.3) is 10.9 Å². The first-order valence-electron chi connectivity index (χ1n) is 23.7. The highest BCUT2D eigenvalue weighted by Crippen LogP contribution is 2.25. The van der Waals surface area contributed by atoms with Crippen molar-refractivity contribution in [3.63, 3.8) is 0 Å². The molecule has 0 bridgehead atoms. The lowest BCUT2D eigenvalue weighted by Crippen LogP contribution is -2.58. The SMILES string of the molecule is CCCC[C@H](NC(=O)CCc1ccc(OS(=O)(=O)O)cc1)C(=O)NCC(=O)N[C@@H](Cc1c[nH]c2ccccc12)C(=O)N[C@@H](CCCC)C(=O)N1C[C@H](OS(=O)(=O)O)C[C@H]1C(=O)N[C@@H](Cc1ccccc1)C(N)=O. The summed E-state index contributed by atoms with van der Waals surface area (Å²) in [6.45, 7) is 2.59. The van der Waals surface area contributed by atoms with E-state index in [4.69, 9.17) is 14.5 Å². The van der Waals surface area contributed by atoms with Gasteiger partial charge in [0, 0.05) is 49.3 Å². The maximum atomic E-state index is 14.6. The van der Waals surface area contributed by atoms with Gasteiger partial charge < -0.3 is 46.4 Å². The van der Waals surface area contributed by atoms with Gasteiger partial charge in [0.1, 0.15) is 36.0 Å². The number of H-pyrrole nitrogens is 1. The predicted molar refractivity (Wildman–Crippen MR) is 265 cm³/mol. The summed E-state index contributed by atoms with van der Waals surface area (Å²) < 4.78 is 73.3. The van der Waals surface area contributed by atoms with Crippen LogP contribution in [0.1, 0.15) is 81.9 Å². The van der Waals surface area contributed by atoms with Gasteiger partial charge in [0.15, 0.2) is 0 Å². The van der Waals surface area contributed by atoms with Gasteiger partial charge in [-0.15, -0.1) is 0 Å². The summed E-state index contributed by atoms with van der Waals surface area (Å²) in [6.07, 6.45) is 2.29. The number of rotatable bonds is 28. The highest BCUT2D eigenvalue weighted by molar-refractivity contribution is 7.81. The summed E-state index contributed by atoms with van der Waals surface area (Å²) in [6, 6.07) is 15.0. The van der Waals surface area contributed by atoms with Crippen molar-refractivity contribution in [3.8, 4) is 5.75 Å². The number of unbranched alkanes of at least 4 members (excludes halogenated alkanes) is 2. The molecule has 3 aromatic carbocycles. The highest BCUT2D eigenvalue weighted by atomic mass is 32.3. The normalized spacial score (nSPS) is 16.4. The number of aromatic nitrogens is 1. The third-order valence-corrected chi connectivity index (χ3v) is 12.9. The van der Waals surface area contributed by atoms with Crippen LogP contribution in [-0.4, -0.2) is 127 Å². The number of nitrogens with zero attached hydrogens (tertiary/aromatic N) is 1. The van der Waals surface area contributed by atoms with E-state index < -0.39 is 118 Å². The molecule has 1 aliphatic heterocycles. The highest BCUT2D eigenvalue weighted by Gasteiger charge is 2.45. The predicted octanol–water partition coefficient (Wildman–Crippen LogP) is 1.48. The zero-order valence-electron chi connectivity index (χ0n) is 40.3. The van der Waals surface area contributed by atoms with E-state index in [9.17, 15) is 55.0 Å². The van der Waals surface area contributed by atoms with Crippen LogP contribution in [0.15, 0.2) is 85.1 Å². The van der Waals surface area contributed by atoms with Gasteiger partial charge >= 0.3 is 20.8 Å². The largest absolute Gasteiger partial charge is 0.446 e. The fraction of sp³-hybridized carbons (Fsp3) is 0.438. The van der Waals surface area contributed by atoms with Crippen molar-refractivity contribution in [1.29, 1.82) is 0 Å². The molecule has 73 heavy (non-hydrogen) atoms. The maximum absolute atomic E-state index is 14.6. The van der Waals surface area contributed by atoms with E-state index in [-0.39, 0.29) is 44.3 Å². The van der Waals surface area contributed by atoms with Crippen molar-refractivity contribution in [2.75, 3.05) is 13.1 Å². The van der Waals surface area contributed by atoms with Crippen LogP contribution >= 0.6 is 0 Å². The van der Waals surface area contributed by atoms with E-state index in [1.54, 1.807) is 54.7 Å². The van der Waals surface area contributed by atoms with Crippen LogP contribution in [0, 0.1) is 0 Å². The molecule has 0 unspecified atom stereocenters. The Morgan fingerprint density at radius 3 is 2.01 bits per heavy atom. The lowest BCUT2D eigenvalue weighted by atomic mass is 10.0. The Morgan fingerprint density at radius 2 is 1.37 bits per heavy atom. The van der Waals surface area contributed by atoms with Crippen molar-refractivity contribution in [2.24, 2.45) is 5.73 Å². The van der Waals surface area contributed by atoms with E-state index in [0.29, 0.717) is 42.4 Å². The Morgan fingerprint density at radius 1 is 0.726 bits per heavy atom. The minimum Gasteiger partial charge on any atom is -0.368 e. The minimum absolute atomic E-state index is 0.00639. The molecule has 396 valence electrons. The molecule has 1 aliphatic rings. The molecular weight excluding hydrogens is 993 g/mol. The van der Waals surface area contributed by atoms with Crippen LogP contribution in [-0.2, 0) is 77.8 Å². The monoisotopic (exact) mass is 1050 g/mol. The molecule has 2 heterocycles. The summed E-state index contributed by atoms with van der Waals surface area (Å²) in [5.74, 6) is -5.50. The third kappa shape index (κ3) is 18.3. The molecule has 6 atom stereocenters. The molecule has 0 spiro atoms. The van der Waals surface area contributed by atoms with Gasteiger partial charge in [-0.25, -0.2) is 4.18 Å². The van der Waals surface area contributed by atoms with Gasteiger partial charge in [-0.2, -0.15) is 16.8 Å². The number of hydrogen-bond acceptors (Lipinski definition) is 13. The Kier molecular flexibility index (Phi) is 20.8. The summed E-state index contributed by atoms with van der Waals surface area (Å²) >= 11 is 0. The molecule has 5 rings (SSSR count). The van der Waals surface area contributed by atoms with Crippen LogP contribution in [0.3, 0.4) is 0 Å². The van der Waals surface area contributed by atoms with Crippen LogP contribution < -0.4 is 36.5 Å². The van der Waals surface area contributed by atoms with Gasteiger partial charge in [-0.3, -0.25) is 42.7 Å². The van der Waals surface area contributed by atoms with Gasteiger partial charge in [-0.1, -0.05) is 100 Å². The van der Waals surface area contributed by atoms with Crippen molar-refractivity contribution in [3.05, 3.63) is 102 Å². The van der Waals surface area contributed by atoms with Crippen molar-refractivity contribution < 1.29 is 67.9 Å². The first kappa shape index (κ1) is 57.0. The second-order valence-electron chi connectivity index (χ2n) is 17.6. The van der Waals surface area contributed by atoms with E-state index >= 15 is 0 Å². The number of para-hydroxylation sites is 1. The average Bonchev–Trinajstić information content (AvgIpc) is 3.95. The number of aryl methyl sites for hydroxylation is 1. The Balaban J connectivity index is 1.31. The van der Waals surface area contributed by atoms with Crippen LogP contribution in [0.5, 0.6) is 5.75 Å². The first-order chi connectivity index (χ1) is 34.6. The topological polar surface area (TPSA) is 352 Å². The molecule has 0 aliphatic carbocycles. The molecule has 4 aromatic rings. The number of carbonyl (C=O) groups excluding carboxylic acids is 7. The molecule has 1 fully saturated rings. The standard InChI is InChI=1S/C48H62N8O15S2/c1-3-5-15-37(52-42(57)23-20-30-18-21-33(22-19-30)70-72(64,65)66)45(60)51-28-43(58)53-40(25-32-27-50-36-17-11-10-14-35(32)36)46(61)54-38(16-6-4-2)48(63)56-29-34(71-73(67,68)69)26-41(56)47(62)55-39(44(49)59)24-31-12-8-7-9-13-31/h7-14,17-19,21-22,27,34,37-41,50H,3-6,15-16,20,23-26,28-29H2,1-2H3,(H2,49,59)(H,51,60)(H,52,57)(H,53,58)(H,54,61)(H,55,62)(H,64,65,66)(H,67,68,69)/t34-,37+,38+,39+,40+,41+/m1/s1. The number of hydrogen-bond donors (Lipinski definition) is 9. The molecule has 1 aromatic heterocycles. The second-order valence-corrected chi connectivity index (χ2v) is 19.6. The van der Waals surface area contributed by atoms with Crippen molar-refractivity contribution >= 4 is 73.1 Å². The first-order valence-corrected chi connectivity index (χ1v) is 26.4. The molecule has 7 amide bonds. The second kappa shape index (κ2) is 26.7. The molecule has 10 N–H and O–H groups in total. The third-order valence-electron chi connectivity index (χ3n) is 11.9. The number of benzene rings is 3. The van der Waals surface area contributed by atoms with E-state index in [1.807, 2.05) is 19.9 Å². The van der Waals surface area contributed by atoms with Crippen LogP contribution in [0.4, 0.5) is 0 Å². The molecule has 1 saturated heterocycles. The van der Waals surface area contributed by atoms with Gasteiger partial charge in [0.2, 0.25) is 41.4 Å². The lowest BCUT2D eigenvalue weighted by Gasteiger charge is -2.30. The fourth-order valence-corrected chi connectivity index (χ4v) is 9.15.